The van der Waals surface area contributed by atoms with E-state index in [0.717, 1.165) is 6.20 Å². The van der Waals surface area contributed by atoms with Crippen LogP contribution in [0.5, 0.6) is 5.75 Å². The van der Waals surface area contributed by atoms with E-state index >= 15 is 0 Å². The van der Waals surface area contributed by atoms with Gasteiger partial charge in [0.05, 0.1) is 5.56 Å². The highest BCUT2D eigenvalue weighted by molar-refractivity contribution is 5.99. The quantitative estimate of drug-likeness (QED) is 0.645. The second-order valence-electron chi connectivity index (χ2n) is 2.43. The van der Waals surface area contributed by atoms with Crippen LogP contribution in [-0.4, -0.2) is 22.3 Å². The molecule has 1 N–H and O–H groups in total. The van der Waals surface area contributed by atoms with E-state index in [1.807, 2.05) is 0 Å². The molecule has 1 aromatic rings. The van der Waals surface area contributed by atoms with Crippen molar-refractivity contribution in [1.29, 1.82) is 0 Å². The maximum absolute atomic E-state index is 11.2. The highest BCUT2D eigenvalue weighted by atomic mass is 16.4. The molecular formula is C8H6NO4-. The van der Waals surface area contributed by atoms with Crippen molar-refractivity contribution in [2.45, 2.75) is 6.92 Å². The van der Waals surface area contributed by atoms with E-state index in [1.165, 1.54) is 6.92 Å². The number of carbonyl (C=O) groups is 2. The number of nitrogens with zero attached hydrogens (tertiary/aromatic N) is 1. The standard InChI is InChI=1S/C8H7NO4/c1-4-7(11)6(8(12)13)5(3-10)2-9-4/h2-3,11H,1H3,(H,12,13)/p-1. The third kappa shape index (κ3) is 1.48. The number of aromatic carboxylic acids is 1. The van der Waals surface area contributed by atoms with Gasteiger partial charge in [0, 0.05) is 17.5 Å². The molecule has 0 saturated heterocycles. The Balaban J connectivity index is 3.50. The van der Waals surface area contributed by atoms with Gasteiger partial charge in [-0.3, -0.25) is 9.78 Å². The number of aromatic nitrogens is 1. The van der Waals surface area contributed by atoms with E-state index in [1.54, 1.807) is 0 Å². The predicted octanol–water partition coefficient (Wildman–Crippen LogP) is -0.0257. The molecule has 0 unspecified atom stereocenters. The minimum atomic E-state index is -1.40. The molecule has 1 rings (SSSR count). The Bertz CT molecular complexity index is 373. The average molecular weight is 180 g/mol. The van der Waals surface area contributed by atoms with Gasteiger partial charge < -0.3 is 10.2 Å². The minimum absolute atomic E-state index is 0.0722. The summed E-state index contributed by atoms with van der Waals surface area (Å²) in [4.78, 5) is 24.5. The van der Waals surface area contributed by atoms with Crippen molar-refractivity contribution in [2.24, 2.45) is 0 Å². The smallest absolute Gasteiger partial charge is 0.335 e. The zero-order chi connectivity index (χ0) is 10.0. The van der Waals surface area contributed by atoms with Gasteiger partial charge in [0.2, 0.25) is 0 Å². The average Bonchev–Trinajstić information content (AvgIpc) is 2.08. The summed E-state index contributed by atoms with van der Waals surface area (Å²) in [6.07, 6.45) is 1.38. The summed E-state index contributed by atoms with van der Waals surface area (Å²) < 4.78 is 0. The number of carboxylic acid groups (broad SMARTS) is 1. The number of hydrogen-bond acceptors (Lipinski definition) is 4. The van der Waals surface area contributed by atoms with Crippen molar-refractivity contribution < 1.29 is 19.8 Å². The first-order valence-electron chi connectivity index (χ1n) is 3.43. The number of carboxylic acids is 1. The molecule has 0 aliphatic heterocycles. The summed E-state index contributed by atoms with van der Waals surface area (Å²) in [7, 11) is 0. The molecule has 0 spiro atoms. The van der Waals surface area contributed by atoms with Crippen LogP contribution in [0, 0.1) is 6.92 Å². The molecule has 0 amide bonds. The lowest BCUT2D eigenvalue weighted by Gasteiger charge is -2.13. The summed E-state index contributed by atoms with van der Waals surface area (Å²) in [5.74, 6) is -2.12. The predicted molar refractivity (Wildman–Crippen MR) is 40.8 cm³/mol. The van der Waals surface area contributed by atoms with Crippen molar-refractivity contribution in [3.63, 3.8) is 0 Å². The Morgan fingerprint density at radius 2 is 2.31 bits per heavy atom. The number of aldehydes is 1. The van der Waals surface area contributed by atoms with Gasteiger partial charge in [0.1, 0.15) is 0 Å². The van der Waals surface area contributed by atoms with Crippen molar-refractivity contribution in [1.82, 2.24) is 4.98 Å². The summed E-state index contributed by atoms with van der Waals surface area (Å²) in [5, 5.41) is 19.8. The molecule has 13 heavy (non-hydrogen) atoms. The number of pyridine rings is 1. The summed E-state index contributed by atoms with van der Waals surface area (Å²) >= 11 is 0. The first kappa shape index (κ1) is 9.18. The Kier molecular flexibility index (Phi) is 2.27. The topological polar surface area (TPSA) is 90.3 Å². The normalized spacial score (nSPS) is 9.62. The molecular weight excluding hydrogens is 174 g/mol. The second-order valence-corrected chi connectivity index (χ2v) is 2.43. The van der Waals surface area contributed by atoms with Crippen LogP contribution in [0.2, 0.25) is 0 Å². The van der Waals surface area contributed by atoms with Crippen LogP contribution in [0.1, 0.15) is 26.4 Å². The lowest BCUT2D eigenvalue weighted by Crippen LogP contribution is -2.10. The van der Waals surface area contributed by atoms with Crippen molar-refractivity contribution in [3.8, 4) is 5.75 Å². The Morgan fingerprint density at radius 1 is 1.69 bits per heavy atom. The summed E-state index contributed by atoms with van der Waals surface area (Å²) in [6.45, 7) is 1.39. The van der Waals surface area contributed by atoms with E-state index in [2.05, 4.69) is 4.98 Å². The minimum Gasteiger partial charge on any atom is -0.871 e. The van der Waals surface area contributed by atoms with Gasteiger partial charge in [-0.05, 0) is 6.92 Å². The number of carbonyl (C=O) groups excluding carboxylic acids is 1. The van der Waals surface area contributed by atoms with Crippen LogP contribution >= 0.6 is 0 Å². The Hall–Kier alpha value is -1.91. The first-order chi connectivity index (χ1) is 6.07. The molecule has 0 radical (unpaired) electrons. The molecule has 0 fully saturated rings. The first-order valence-corrected chi connectivity index (χ1v) is 3.43. The fourth-order valence-corrected chi connectivity index (χ4v) is 0.911. The lowest BCUT2D eigenvalue weighted by atomic mass is 10.1. The SMILES string of the molecule is Cc1ncc(C=O)c(C(=O)O)c1[O-]. The molecule has 1 heterocycles. The molecule has 68 valence electrons. The highest BCUT2D eigenvalue weighted by Gasteiger charge is 2.11. The lowest BCUT2D eigenvalue weighted by molar-refractivity contribution is -0.270. The van der Waals surface area contributed by atoms with Crippen LogP contribution in [0.3, 0.4) is 0 Å². The maximum atomic E-state index is 11.2. The monoisotopic (exact) mass is 180 g/mol. The summed E-state index contributed by atoms with van der Waals surface area (Å²) in [5.41, 5.74) is -0.631. The molecule has 0 atom stereocenters. The van der Waals surface area contributed by atoms with Gasteiger partial charge >= 0.3 is 5.97 Å². The van der Waals surface area contributed by atoms with E-state index < -0.39 is 17.3 Å². The molecule has 0 aliphatic carbocycles. The molecule has 5 heteroatoms. The van der Waals surface area contributed by atoms with Gasteiger partial charge in [-0.1, -0.05) is 5.75 Å². The molecule has 0 aromatic carbocycles. The third-order valence-corrected chi connectivity index (χ3v) is 1.58. The van der Waals surface area contributed by atoms with E-state index in [4.69, 9.17) is 5.11 Å². The highest BCUT2D eigenvalue weighted by Crippen LogP contribution is 2.19. The van der Waals surface area contributed by atoms with E-state index in [-0.39, 0.29) is 11.3 Å². The molecule has 0 bridgehead atoms. The van der Waals surface area contributed by atoms with Gasteiger partial charge in [-0.2, -0.15) is 0 Å². The van der Waals surface area contributed by atoms with Crippen LogP contribution in [-0.2, 0) is 0 Å². The molecule has 0 aliphatic rings. The maximum Gasteiger partial charge on any atom is 0.335 e. The van der Waals surface area contributed by atoms with Crippen LogP contribution in [0.15, 0.2) is 6.20 Å². The third-order valence-electron chi connectivity index (χ3n) is 1.58. The number of hydrogen-bond donors (Lipinski definition) is 1. The molecule has 0 saturated carbocycles. The van der Waals surface area contributed by atoms with Crippen LogP contribution in [0.25, 0.3) is 0 Å². The summed E-state index contributed by atoms with van der Waals surface area (Å²) in [6, 6.07) is 0. The number of rotatable bonds is 2. The van der Waals surface area contributed by atoms with Crippen molar-refractivity contribution in [2.75, 3.05) is 0 Å². The molecule has 1 aromatic heterocycles. The fourth-order valence-electron chi connectivity index (χ4n) is 0.911. The number of aryl methyl sites for hydroxylation is 1. The van der Waals surface area contributed by atoms with Gasteiger partial charge in [0.25, 0.3) is 0 Å². The largest absolute Gasteiger partial charge is 0.871 e. The molecule has 5 nitrogen and oxygen atoms in total. The van der Waals surface area contributed by atoms with Crippen molar-refractivity contribution >= 4 is 12.3 Å². The van der Waals surface area contributed by atoms with E-state index in [0.29, 0.717) is 6.29 Å². The zero-order valence-electron chi connectivity index (χ0n) is 6.77. The zero-order valence-corrected chi connectivity index (χ0v) is 6.77. The van der Waals surface area contributed by atoms with Gasteiger partial charge in [-0.25, -0.2) is 4.79 Å². The van der Waals surface area contributed by atoms with Gasteiger partial charge in [-0.15, -0.1) is 0 Å². The van der Waals surface area contributed by atoms with Crippen molar-refractivity contribution in [3.05, 3.63) is 23.0 Å². The van der Waals surface area contributed by atoms with Crippen LogP contribution in [0.4, 0.5) is 0 Å². The second kappa shape index (κ2) is 3.22. The van der Waals surface area contributed by atoms with Gasteiger partial charge in [0.15, 0.2) is 6.29 Å². The van der Waals surface area contributed by atoms with E-state index in [9.17, 15) is 14.7 Å². The fraction of sp³-hybridized carbons (Fsp3) is 0.125. The van der Waals surface area contributed by atoms with Crippen LogP contribution < -0.4 is 5.11 Å². The Labute approximate surface area is 73.7 Å². The Morgan fingerprint density at radius 3 is 2.77 bits per heavy atom.